The Morgan fingerprint density at radius 3 is 2.41 bits per heavy atom. The van der Waals surface area contributed by atoms with E-state index in [2.05, 4.69) is 0 Å². The molecule has 0 bridgehead atoms. The van der Waals surface area contributed by atoms with Crippen molar-refractivity contribution in [3.05, 3.63) is 127 Å². The number of allylic oxidation sites excluding steroid dienone is 1. The number of aromatic nitrogens is 3. The summed E-state index contributed by atoms with van der Waals surface area (Å²) in [5.41, 5.74) is 4.74. The molecule has 0 saturated heterocycles. The van der Waals surface area contributed by atoms with Gasteiger partial charge in [0.25, 0.3) is 5.56 Å². The van der Waals surface area contributed by atoms with Crippen LogP contribution in [0.25, 0.3) is 23.0 Å². The molecule has 3 aromatic carbocycles. The SMILES string of the molecule is CCOC(=O)C1=C(C)N=c2sc(=Cc3cn(-c4ccccc4)nc3-c3ccc(OC(C)C)cc3)c(=O)n2C1c1ccc(SC)cc1. The summed E-state index contributed by atoms with van der Waals surface area (Å²) in [4.78, 5) is 33.9. The van der Waals surface area contributed by atoms with Crippen LogP contribution in [0, 0.1) is 0 Å². The lowest BCUT2D eigenvalue weighted by Crippen LogP contribution is -2.39. The Balaban J connectivity index is 1.52. The van der Waals surface area contributed by atoms with Crippen LogP contribution < -0.4 is 19.6 Å². The molecule has 0 radical (unpaired) electrons. The third-order valence-corrected chi connectivity index (χ3v) is 9.22. The lowest BCUT2D eigenvalue weighted by atomic mass is 9.96. The number of esters is 1. The summed E-state index contributed by atoms with van der Waals surface area (Å²) in [5.74, 6) is 0.294. The number of nitrogens with zero attached hydrogens (tertiary/aromatic N) is 4. The highest BCUT2D eigenvalue weighted by Gasteiger charge is 2.33. The Morgan fingerprint density at radius 2 is 1.76 bits per heavy atom. The summed E-state index contributed by atoms with van der Waals surface area (Å²) >= 11 is 2.92. The van der Waals surface area contributed by atoms with Crippen molar-refractivity contribution in [3.63, 3.8) is 0 Å². The van der Waals surface area contributed by atoms with E-state index in [0.717, 1.165) is 38.7 Å². The Kier molecular flexibility index (Phi) is 9.10. The number of carbonyl (C=O) groups is 1. The summed E-state index contributed by atoms with van der Waals surface area (Å²) in [6.45, 7) is 7.76. The molecule has 0 aliphatic carbocycles. The number of thioether (sulfide) groups is 1. The zero-order valence-corrected chi connectivity index (χ0v) is 27.9. The van der Waals surface area contributed by atoms with Gasteiger partial charge in [-0.3, -0.25) is 9.36 Å². The minimum atomic E-state index is -0.673. The molecule has 10 heteroatoms. The molecular formula is C36H34N4O4S2. The van der Waals surface area contributed by atoms with Crippen molar-refractivity contribution in [2.45, 2.75) is 44.7 Å². The summed E-state index contributed by atoms with van der Waals surface area (Å²) in [6.07, 6.45) is 5.86. The van der Waals surface area contributed by atoms with Gasteiger partial charge in [0, 0.05) is 22.2 Å². The zero-order chi connectivity index (χ0) is 32.4. The number of carbonyl (C=O) groups excluding carboxylic acids is 1. The zero-order valence-electron chi connectivity index (χ0n) is 26.3. The summed E-state index contributed by atoms with van der Waals surface area (Å²) in [7, 11) is 0. The third-order valence-electron chi connectivity index (χ3n) is 7.50. The van der Waals surface area contributed by atoms with Gasteiger partial charge >= 0.3 is 5.97 Å². The molecule has 5 aromatic rings. The van der Waals surface area contributed by atoms with Gasteiger partial charge in [-0.1, -0.05) is 41.7 Å². The van der Waals surface area contributed by atoms with E-state index < -0.39 is 12.0 Å². The Labute approximate surface area is 275 Å². The molecule has 0 amide bonds. The molecule has 1 aliphatic rings. The summed E-state index contributed by atoms with van der Waals surface area (Å²) in [5, 5.41) is 4.94. The minimum absolute atomic E-state index is 0.0602. The lowest BCUT2D eigenvalue weighted by Gasteiger charge is -2.24. The minimum Gasteiger partial charge on any atom is -0.491 e. The largest absolute Gasteiger partial charge is 0.491 e. The van der Waals surface area contributed by atoms with Gasteiger partial charge in [0.15, 0.2) is 4.80 Å². The van der Waals surface area contributed by atoms with Crippen molar-refractivity contribution in [2.75, 3.05) is 12.9 Å². The van der Waals surface area contributed by atoms with Crippen molar-refractivity contribution >= 4 is 35.1 Å². The van der Waals surface area contributed by atoms with E-state index in [9.17, 15) is 9.59 Å². The second-order valence-corrected chi connectivity index (χ2v) is 12.9. The van der Waals surface area contributed by atoms with Gasteiger partial charge in [0.1, 0.15) is 11.4 Å². The van der Waals surface area contributed by atoms with Crippen molar-refractivity contribution in [2.24, 2.45) is 4.99 Å². The van der Waals surface area contributed by atoms with Gasteiger partial charge < -0.3 is 9.47 Å². The van der Waals surface area contributed by atoms with Gasteiger partial charge in [0.05, 0.1) is 40.2 Å². The van der Waals surface area contributed by atoms with Crippen LogP contribution in [0.4, 0.5) is 0 Å². The molecule has 0 saturated carbocycles. The monoisotopic (exact) mass is 650 g/mol. The van der Waals surface area contributed by atoms with Crippen LogP contribution in [-0.2, 0) is 9.53 Å². The fourth-order valence-electron chi connectivity index (χ4n) is 5.43. The molecular weight excluding hydrogens is 617 g/mol. The maximum absolute atomic E-state index is 14.3. The van der Waals surface area contributed by atoms with Gasteiger partial charge in [-0.2, -0.15) is 5.10 Å². The van der Waals surface area contributed by atoms with E-state index in [0.29, 0.717) is 20.6 Å². The van der Waals surface area contributed by atoms with E-state index >= 15 is 0 Å². The van der Waals surface area contributed by atoms with E-state index in [4.69, 9.17) is 19.6 Å². The molecule has 0 spiro atoms. The van der Waals surface area contributed by atoms with Crippen LogP contribution in [0.15, 0.2) is 111 Å². The maximum Gasteiger partial charge on any atom is 0.338 e. The molecule has 2 aromatic heterocycles. The lowest BCUT2D eigenvalue weighted by molar-refractivity contribution is -0.139. The number of fused-ring (bicyclic) bond motifs is 1. The predicted octanol–water partition coefficient (Wildman–Crippen LogP) is 6.16. The van der Waals surface area contributed by atoms with Crippen molar-refractivity contribution < 1.29 is 14.3 Å². The second-order valence-electron chi connectivity index (χ2n) is 11.0. The normalized spacial score (nSPS) is 14.7. The third kappa shape index (κ3) is 6.23. The molecule has 6 rings (SSSR count). The van der Waals surface area contributed by atoms with E-state index in [1.54, 1.807) is 30.2 Å². The molecule has 46 heavy (non-hydrogen) atoms. The standard InChI is InChI=1S/C36H34N4O4S2/c1-6-43-35(42)31-23(4)37-36-40(33(31)25-14-18-29(45-5)19-15-25)34(41)30(46-36)20-26-21-39(27-10-8-7-9-11-27)38-32(26)24-12-16-28(17-13-24)44-22(2)3/h7-22,33H,6H2,1-5H3. The quantitative estimate of drug-likeness (QED) is 0.140. The Morgan fingerprint density at radius 1 is 1.04 bits per heavy atom. The number of hydrogen-bond donors (Lipinski definition) is 0. The van der Waals surface area contributed by atoms with Crippen LogP contribution in [-0.4, -0.2) is 39.3 Å². The van der Waals surface area contributed by atoms with Crippen molar-refractivity contribution in [3.8, 4) is 22.7 Å². The van der Waals surface area contributed by atoms with Crippen LogP contribution >= 0.6 is 23.1 Å². The number of benzene rings is 3. The number of rotatable bonds is 9. The van der Waals surface area contributed by atoms with Gasteiger partial charge in [0.2, 0.25) is 0 Å². The average Bonchev–Trinajstić information content (AvgIpc) is 3.61. The van der Waals surface area contributed by atoms with Gasteiger partial charge in [-0.25, -0.2) is 14.5 Å². The van der Waals surface area contributed by atoms with Crippen molar-refractivity contribution in [1.82, 2.24) is 14.3 Å². The van der Waals surface area contributed by atoms with Crippen LogP contribution in [0.3, 0.4) is 0 Å². The molecule has 1 aliphatic heterocycles. The first-order chi connectivity index (χ1) is 22.3. The molecule has 1 unspecified atom stereocenters. The van der Waals surface area contributed by atoms with Gasteiger partial charge in [-0.15, -0.1) is 11.8 Å². The fraction of sp³-hybridized carbons (Fsp3) is 0.222. The second kappa shape index (κ2) is 13.4. The molecule has 3 heterocycles. The molecule has 234 valence electrons. The first-order valence-electron chi connectivity index (χ1n) is 15.0. The highest BCUT2D eigenvalue weighted by Crippen LogP contribution is 2.32. The topological polar surface area (TPSA) is 87.7 Å². The van der Waals surface area contributed by atoms with Crippen LogP contribution in [0.1, 0.15) is 44.9 Å². The van der Waals surface area contributed by atoms with E-state index in [-0.39, 0.29) is 18.3 Å². The predicted molar refractivity (Wildman–Crippen MR) is 183 cm³/mol. The molecule has 0 N–H and O–H groups in total. The maximum atomic E-state index is 14.3. The van der Waals surface area contributed by atoms with Crippen LogP contribution in [0.2, 0.25) is 0 Å². The first kappa shape index (κ1) is 31.3. The number of para-hydroxylation sites is 1. The summed E-state index contributed by atoms with van der Waals surface area (Å²) < 4.78 is 15.2. The summed E-state index contributed by atoms with van der Waals surface area (Å²) in [6, 6.07) is 24.9. The van der Waals surface area contributed by atoms with Crippen molar-refractivity contribution in [1.29, 1.82) is 0 Å². The van der Waals surface area contributed by atoms with E-state index in [1.165, 1.54) is 11.3 Å². The first-order valence-corrected chi connectivity index (χ1v) is 17.1. The van der Waals surface area contributed by atoms with Crippen LogP contribution in [0.5, 0.6) is 5.75 Å². The number of hydrogen-bond acceptors (Lipinski definition) is 8. The number of ether oxygens (including phenoxy) is 2. The smallest absolute Gasteiger partial charge is 0.338 e. The molecule has 0 fully saturated rings. The molecule has 1 atom stereocenters. The van der Waals surface area contributed by atoms with Gasteiger partial charge in [-0.05, 0) is 94.1 Å². The highest BCUT2D eigenvalue weighted by atomic mass is 32.2. The Hall–Kier alpha value is -4.67. The fourth-order valence-corrected chi connectivity index (χ4v) is 6.87. The highest BCUT2D eigenvalue weighted by molar-refractivity contribution is 7.98. The average molecular weight is 651 g/mol. The Bertz CT molecular complexity index is 2090. The number of thiazole rings is 1. The molecule has 8 nitrogen and oxygen atoms in total. The van der Waals surface area contributed by atoms with E-state index in [1.807, 2.05) is 116 Å².